The first-order valence-electron chi connectivity index (χ1n) is 16.9. The van der Waals surface area contributed by atoms with Gasteiger partial charge in [0, 0.05) is 22.1 Å². The molecule has 0 saturated heterocycles. The second-order valence-corrected chi connectivity index (χ2v) is 14.7. The van der Waals surface area contributed by atoms with Crippen LogP contribution in [-0.4, -0.2) is 36.5 Å². The summed E-state index contributed by atoms with van der Waals surface area (Å²) in [7, 11) is 0. The van der Waals surface area contributed by atoms with Gasteiger partial charge in [-0.05, 0) is 77.8 Å². The Morgan fingerprint density at radius 1 is 0.574 bits per heavy atom. The summed E-state index contributed by atoms with van der Waals surface area (Å²) in [4.78, 5) is 8.00. The van der Waals surface area contributed by atoms with Crippen molar-refractivity contribution in [2.45, 2.75) is 109 Å². The van der Waals surface area contributed by atoms with E-state index in [1.54, 1.807) is 6.07 Å². The van der Waals surface area contributed by atoms with Gasteiger partial charge in [-0.1, -0.05) is 72.2 Å². The molecule has 0 atom stereocenters. The van der Waals surface area contributed by atoms with Crippen LogP contribution in [0, 0.1) is 5.41 Å². The highest BCUT2D eigenvalue weighted by Gasteiger charge is 2.78. The molecule has 294 valence electrons. The lowest BCUT2D eigenvalue weighted by molar-refractivity contribution is -0.371. The fourth-order valence-electron chi connectivity index (χ4n) is 6.62. The zero-order valence-corrected chi connectivity index (χ0v) is 29.8. The van der Waals surface area contributed by atoms with Gasteiger partial charge in [-0.2, -0.15) is 52.7 Å². The molecule has 2 heterocycles. The van der Waals surface area contributed by atoms with E-state index in [1.807, 2.05) is 20.8 Å². The zero-order valence-electron chi connectivity index (χ0n) is 29.8. The maximum absolute atomic E-state index is 14.9. The lowest BCUT2D eigenvalue weighted by Crippen LogP contribution is -2.59. The third-order valence-electron chi connectivity index (χ3n) is 10.1. The van der Waals surface area contributed by atoms with Gasteiger partial charge in [-0.25, -0.2) is 9.98 Å². The van der Waals surface area contributed by atoms with E-state index in [9.17, 15) is 52.7 Å². The third-order valence-corrected chi connectivity index (χ3v) is 10.1. The fraction of sp³-hybridized carbons (Fsp3) is 0.474. The summed E-state index contributed by atoms with van der Waals surface area (Å²) in [5.74, 6) is -1.77. The van der Waals surface area contributed by atoms with Crippen LogP contribution in [0.4, 0.5) is 64.1 Å². The average Bonchev–Trinajstić information content (AvgIpc) is 3.05. The number of rotatable bonds is 8. The molecule has 0 saturated carbocycles. The number of halogens is 12. The second-order valence-electron chi connectivity index (χ2n) is 14.7. The predicted octanol–water partition coefficient (Wildman–Crippen LogP) is 12.6. The predicted molar refractivity (Wildman–Crippen MR) is 177 cm³/mol. The normalized spacial score (nSPS) is 17.4. The SMILES string of the molecule is CCCC(C)(C)c1cccc(C2=Nc3ccc(Cc4ccc5c(c4)C(C(F)(F)F)(C(F)(F)F)OC(C(C)(C)CC)=N5)cc3C(C(F)(F)F)(C(F)(F)F)O2)c1. The molecular weight excluding hydrogens is 744 g/mol. The van der Waals surface area contributed by atoms with Crippen molar-refractivity contribution in [3.8, 4) is 0 Å². The number of hydrogen-bond acceptors (Lipinski definition) is 4. The molecule has 0 aromatic heterocycles. The van der Waals surface area contributed by atoms with E-state index in [1.165, 1.54) is 39.0 Å². The molecule has 54 heavy (non-hydrogen) atoms. The van der Waals surface area contributed by atoms with Gasteiger partial charge in [0.05, 0.1) is 11.4 Å². The maximum Gasteiger partial charge on any atom is 0.442 e. The summed E-state index contributed by atoms with van der Waals surface area (Å²) in [6, 6.07) is 10.7. The van der Waals surface area contributed by atoms with Crippen LogP contribution in [0.5, 0.6) is 0 Å². The first-order chi connectivity index (χ1) is 24.6. The van der Waals surface area contributed by atoms with Gasteiger partial charge in [0.2, 0.25) is 5.90 Å². The number of alkyl halides is 12. The topological polar surface area (TPSA) is 43.2 Å². The van der Waals surface area contributed by atoms with E-state index in [-0.39, 0.29) is 23.1 Å². The van der Waals surface area contributed by atoms with Crippen LogP contribution >= 0.6 is 0 Å². The molecule has 2 aliphatic rings. The molecule has 3 aromatic rings. The number of fused-ring (bicyclic) bond motifs is 2. The van der Waals surface area contributed by atoms with Crippen LogP contribution in [0.25, 0.3) is 0 Å². The lowest BCUT2D eigenvalue weighted by atomic mass is 9.80. The first kappa shape index (κ1) is 40.9. The molecular formula is C38H36F12N2O2. The number of nitrogens with zero attached hydrogens (tertiary/aromatic N) is 2. The van der Waals surface area contributed by atoms with Gasteiger partial charge < -0.3 is 9.47 Å². The van der Waals surface area contributed by atoms with Crippen molar-refractivity contribution in [2.24, 2.45) is 15.4 Å². The van der Waals surface area contributed by atoms with Crippen molar-refractivity contribution in [3.05, 3.63) is 94.0 Å². The Labute approximate surface area is 303 Å². The summed E-state index contributed by atoms with van der Waals surface area (Å²) in [5, 5.41) is 0. The zero-order chi connectivity index (χ0) is 40.5. The summed E-state index contributed by atoms with van der Waals surface area (Å²) in [6.07, 6.45) is -23.6. The highest BCUT2D eigenvalue weighted by Crippen LogP contribution is 2.59. The van der Waals surface area contributed by atoms with Crippen molar-refractivity contribution >= 4 is 23.2 Å². The molecule has 0 spiro atoms. The van der Waals surface area contributed by atoms with Crippen molar-refractivity contribution in [2.75, 3.05) is 0 Å². The van der Waals surface area contributed by atoms with Crippen molar-refractivity contribution < 1.29 is 62.2 Å². The Hall–Kier alpha value is -4.24. The van der Waals surface area contributed by atoms with Crippen LogP contribution in [-0.2, 0) is 32.5 Å². The minimum atomic E-state index is -6.12. The quantitative estimate of drug-likeness (QED) is 0.214. The molecule has 0 unspecified atom stereocenters. The van der Waals surface area contributed by atoms with Gasteiger partial charge in [-0.15, -0.1) is 0 Å². The molecule has 0 bridgehead atoms. The summed E-state index contributed by atoms with van der Waals surface area (Å²) < 4.78 is 187. The molecule has 3 aromatic carbocycles. The molecule has 0 fully saturated rings. The van der Waals surface area contributed by atoms with E-state index in [4.69, 9.17) is 9.47 Å². The van der Waals surface area contributed by atoms with Gasteiger partial charge in [-0.3, -0.25) is 0 Å². The Balaban J connectivity index is 1.67. The van der Waals surface area contributed by atoms with E-state index < -0.39 is 87.5 Å². The Morgan fingerprint density at radius 2 is 1.06 bits per heavy atom. The second kappa shape index (κ2) is 13.2. The smallest absolute Gasteiger partial charge is 0.442 e. The number of benzene rings is 3. The van der Waals surface area contributed by atoms with Gasteiger partial charge in [0.1, 0.15) is 0 Å². The summed E-state index contributed by atoms with van der Waals surface area (Å²) >= 11 is 0. The molecule has 0 amide bonds. The molecule has 2 aliphatic heterocycles. The number of hydrogen-bond donors (Lipinski definition) is 0. The number of ether oxygens (including phenoxy) is 2. The van der Waals surface area contributed by atoms with Crippen molar-refractivity contribution in [3.63, 3.8) is 0 Å². The largest absolute Gasteiger partial charge is 0.450 e. The molecule has 0 N–H and O–H groups in total. The molecule has 0 radical (unpaired) electrons. The highest BCUT2D eigenvalue weighted by molar-refractivity contribution is 5.98. The minimum Gasteiger partial charge on any atom is -0.450 e. The van der Waals surface area contributed by atoms with E-state index in [0.717, 1.165) is 30.7 Å². The van der Waals surface area contributed by atoms with Gasteiger partial charge >= 0.3 is 35.9 Å². The Bertz CT molecular complexity index is 1940. The maximum atomic E-state index is 14.9. The fourth-order valence-corrected chi connectivity index (χ4v) is 6.62. The minimum absolute atomic E-state index is 0.0551. The van der Waals surface area contributed by atoms with E-state index in [2.05, 4.69) is 9.98 Å². The van der Waals surface area contributed by atoms with Crippen molar-refractivity contribution in [1.82, 2.24) is 0 Å². The van der Waals surface area contributed by atoms with Crippen LogP contribution < -0.4 is 0 Å². The highest BCUT2D eigenvalue weighted by atomic mass is 19.4. The molecule has 5 rings (SSSR count). The first-order valence-corrected chi connectivity index (χ1v) is 16.9. The molecule has 4 nitrogen and oxygen atoms in total. The third kappa shape index (κ3) is 6.71. The Kier molecular flexibility index (Phi) is 10.0. The van der Waals surface area contributed by atoms with Crippen LogP contribution in [0.15, 0.2) is 70.6 Å². The molecule has 16 heteroatoms. The van der Waals surface area contributed by atoms with Crippen LogP contribution in [0.2, 0.25) is 0 Å². The van der Waals surface area contributed by atoms with Crippen LogP contribution in [0.3, 0.4) is 0 Å². The summed E-state index contributed by atoms with van der Waals surface area (Å²) in [5.41, 5.74) is -16.2. The van der Waals surface area contributed by atoms with Gasteiger partial charge in [0.15, 0.2) is 5.90 Å². The summed E-state index contributed by atoms with van der Waals surface area (Å²) in [6.45, 7) is 9.87. The monoisotopic (exact) mass is 780 g/mol. The standard InChI is InChI=1S/C38H36F12N2O2/c1-7-16-32(5,6)24-11-9-10-23(20-24)29-51-27-14-12-21(18-25(27)33(53-29,35(39,40)41)36(42,43)44)17-22-13-15-28-26(19-22)34(37(45,46)47,38(48,49)50)54-30(52-28)31(3,4)8-2/h9-15,18-20H,7-8,16-17H2,1-6H3. The van der Waals surface area contributed by atoms with E-state index >= 15 is 0 Å². The lowest BCUT2D eigenvalue weighted by Gasteiger charge is -2.43. The molecule has 0 aliphatic carbocycles. The average molecular weight is 781 g/mol. The van der Waals surface area contributed by atoms with Crippen molar-refractivity contribution in [1.29, 1.82) is 0 Å². The van der Waals surface area contributed by atoms with Crippen LogP contribution in [0.1, 0.15) is 94.2 Å². The Morgan fingerprint density at radius 3 is 1.52 bits per heavy atom. The van der Waals surface area contributed by atoms with Gasteiger partial charge in [0.25, 0.3) is 0 Å². The van der Waals surface area contributed by atoms with E-state index in [0.29, 0.717) is 24.1 Å². The number of aliphatic imine (C=N–C) groups is 2.